The maximum absolute atomic E-state index is 12.4. The Morgan fingerprint density at radius 3 is 2.36 bits per heavy atom. The van der Waals surface area contributed by atoms with Crippen LogP contribution in [0.15, 0.2) is 18.3 Å². The maximum Gasteiger partial charge on any atom is 0.421 e. The lowest BCUT2D eigenvalue weighted by Crippen LogP contribution is -2.39. The van der Waals surface area contributed by atoms with Crippen molar-refractivity contribution < 1.29 is 18.3 Å². The van der Waals surface area contributed by atoms with Crippen LogP contribution in [0.25, 0.3) is 0 Å². The van der Waals surface area contributed by atoms with Gasteiger partial charge >= 0.3 is 6.18 Å². The van der Waals surface area contributed by atoms with Crippen molar-refractivity contribution in [2.45, 2.75) is 25.6 Å². The fraction of sp³-hybridized carbons (Fsp3) is 0.444. The highest BCUT2D eigenvalue weighted by Crippen LogP contribution is 2.39. The zero-order valence-corrected chi connectivity index (χ0v) is 7.76. The molecule has 0 saturated carbocycles. The molecule has 0 fully saturated rings. The van der Waals surface area contributed by atoms with E-state index in [1.807, 2.05) is 0 Å². The Bertz CT molecular complexity index is 333. The van der Waals surface area contributed by atoms with Crippen LogP contribution in [-0.4, -0.2) is 16.3 Å². The summed E-state index contributed by atoms with van der Waals surface area (Å²) >= 11 is 0. The van der Waals surface area contributed by atoms with E-state index in [1.54, 1.807) is 0 Å². The van der Waals surface area contributed by atoms with E-state index in [-0.39, 0.29) is 11.3 Å². The molecule has 1 N–H and O–H groups in total. The first kappa shape index (κ1) is 11.0. The lowest BCUT2D eigenvalue weighted by atomic mass is 9.94. The molecule has 0 spiro atoms. The van der Waals surface area contributed by atoms with Gasteiger partial charge in [-0.2, -0.15) is 13.2 Å². The molecule has 14 heavy (non-hydrogen) atoms. The summed E-state index contributed by atoms with van der Waals surface area (Å²) in [6.07, 6.45) is -3.31. The molecular weight excluding hydrogens is 195 g/mol. The second kappa shape index (κ2) is 3.24. The number of aryl methyl sites for hydroxylation is 1. The van der Waals surface area contributed by atoms with E-state index in [0.29, 0.717) is 0 Å². The average Bonchev–Trinajstić information content (AvgIpc) is 2.02. The number of pyridine rings is 1. The molecule has 0 aliphatic rings. The Hall–Kier alpha value is -1.10. The molecule has 0 amide bonds. The number of aromatic nitrogens is 1. The van der Waals surface area contributed by atoms with Crippen molar-refractivity contribution in [3.63, 3.8) is 0 Å². The highest BCUT2D eigenvalue weighted by atomic mass is 19.4. The van der Waals surface area contributed by atoms with Crippen molar-refractivity contribution in [3.8, 4) is 0 Å². The number of rotatable bonds is 1. The molecule has 0 aliphatic heterocycles. The maximum atomic E-state index is 12.4. The molecule has 1 aromatic rings. The lowest BCUT2D eigenvalue weighted by Gasteiger charge is -2.27. The van der Waals surface area contributed by atoms with Gasteiger partial charge in [0.1, 0.15) is 0 Å². The number of nitrogens with zero attached hydrogens (tertiary/aromatic N) is 1. The van der Waals surface area contributed by atoms with Crippen LogP contribution < -0.4 is 0 Å². The van der Waals surface area contributed by atoms with Gasteiger partial charge in [-0.15, -0.1) is 0 Å². The SMILES string of the molecule is Cc1ncccc1[C@@](C)(O)C(F)(F)F. The van der Waals surface area contributed by atoms with Crippen molar-refractivity contribution >= 4 is 0 Å². The van der Waals surface area contributed by atoms with E-state index in [0.717, 1.165) is 6.92 Å². The molecular formula is C9H10F3NO. The monoisotopic (exact) mass is 205 g/mol. The molecule has 1 atom stereocenters. The summed E-state index contributed by atoms with van der Waals surface area (Å²) in [5.74, 6) is 0. The summed E-state index contributed by atoms with van der Waals surface area (Å²) in [6, 6.07) is 2.58. The van der Waals surface area contributed by atoms with Crippen LogP contribution in [0.2, 0.25) is 0 Å². The zero-order chi connectivity index (χ0) is 11.0. The van der Waals surface area contributed by atoms with Crippen molar-refractivity contribution in [2.75, 3.05) is 0 Å². The molecule has 78 valence electrons. The predicted octanol–water partition coefficient (Wildman–Crippen LogP) is 2.16. The molecule has 1 heterocycles. The van der Waals surface area contributed by atoms with Crippen LogP contribution >= 0.6 is 0 Å². The Labute approximate surface area is 79.4 Å². The second-order valence-corrected chi connectivity index (χ2v) is 3.21. The minimum absolute atomic E-state index is 0.176. The quantitative estimate of drug-likeness (QED) is 0.762. The van der Waals surface area contributed by atoms with Gasteiger partial charge in [0, 0.05) is 17.5 Å². The van der Waals surface area contributed by atoms with E-state index < -0.39 is 11.8 Å². The third-order valence-electron chi connectivity index (χ3n) is 2.08. The number of alkyl halides is 3. The van der Waals surface area contributed by atoms with Crippen LogP contribution in [0, 0.1) is 6.92 Å². The highest BCUT2D eigenvalue weighted by molar-refractivity contribution is 5.26. The predicted molar refractivity (Wildman–Crippen MR) is 44.6 cm³/mol. The largest absolute Gasteiger partial charge is 0.421 e. The van der Waals surface area contributed by atoms with Gasteiger partial charge in [0.2, 0.25) is 0 Å². The summed E-state index contributed by atoms with van der Waals surface area (Å²) in [5, 5.41) is 9.34. The van der Waals surface area contributed by atoms with E-state index in [9.17, 15) is 18.3 Å². The standard InChI is InChI=1S/C9H10F3NO/c1-6-7(4-3-5-13-6)8(2,14)9(10,11)12/h3-5,14H,1-2H3/t8-/m1/s1. The zero-order valence-electron chi connectivity index (χ0n) is 7.76. The third-order valence-corrected chi connectivity index (χ3v) is 2.08. The molecule has 0 saturated heterocycles. The molecule has 1 rings (SSSR count). The summed E-state index contributed by atoms with van der Waals surface area (Å²) in [6.45, 7) is 2.15. The number of aliphatic hydroxyl groups is 1. The van der Waals surface area contributed by atoms with Crippen LogP contribution in [0.4, 0.5) is 13.2 Å². The first-order chi connectivity index (χ1) is 6.27. The van der Waals surface area contributed by atoms with Crippen LogP contribution in [-0.2, 0) is 5.60 Å². The Morgan fingerprint density at radius 1 is 1.36 bits per heavy atom. The summed E-state index contributed by atoms with van der Waals surface area (Å²) < 4.78 is 37.3. The minimum atomic E-state index is -4.69. The highest BCUT2D eigenvalue weighted by Gasteiger charge is 2.51. The molecule has 0 radical (unpaired) electrons. The van der Waals surface area contributed by atoms with Crippen molar-refractivity contribution in [1.82, 2.24) is 4.98 Å². The molecule has 0 aliphatic carbocycles. The first-order valence-electron chi connectivity index (χ1n) is 3.98. The Morgan fingerprint density at radius 2 is 1.93 bits per heavy atom. The molecule has 5 heteroatoms. The van der Waals surface area contributed by atoms with Crippen molar-refractivity contribution in [3.05, 3.63) is 29.6 Å². The van der Waals surface area contributed by atoms with E-state index in [1.165, 1.54) is 25.3 Å². The molecule has 0 unspecified atom stereocenters. The molecule has 0 bridgehead atoms. The van der Waals surface area contributed by atoms with Crippen LogP contribution in [0.3, 0.4) is 0 Å². The van der Waals surface area contributed by atoms with E-state index >= 15 is 0 Å². The van der Waals surface area contributed by atoms with Crippen LogP contribution in [0.1, 0.15) is 18.2 Å². The van der Waals surface area contributed by atoms with Gasteiger partial charge in [0.05, 0.1) is 0 Å². The third kappa shape index (κ3) is 1.72. The Kier molecular flexibility index (Phi) is 2.54. The lowest BCUT2D eigenvalue weighted by molar-refractivity contribution is -0.259. The van der Waals surface area contributed by atoms with Crippen molar-refractivity contribution in [2.24, 2.45) is 0 Å². The summed E-state index contributed by atoms with van der Waals surface area (Å²) in [7, 11) is 0. The summed E-state index contributed by atoms with van der Waals surface area (Å²) in [4.78, 5) is 3.70. The topological polar surface area (TPSA) is 33.1 Å². The van der Waals surface area contributed by atoms with Gasteiger partial charge in [-0.3, -0.25) is 4.98 Å². The van der Waals surface area contributed by atoms with Crippen molar-refractivity contribution in [1.29, 1.82) is 0 Å². The molecule has 0 aromatic carbocycles. The van der Waals surface area contributed by atoms with Gasteiger partial charge in [-0.25, -0.2) is 0 Å². The average molecular weight is 205 g/mol. The normalized spacial score (nSPS) is 16.4. The number of hydrogen-bond acceptors (Lipinski definition) is 2. The number of hydrogen-bond donors (Lipinski definition) is 1. The fourth-order valence-electron chi connectivity index (χ4n) is 1.15. The van der Waals surface area contributed by atoms with Gasteiger partial charge in [0.25, 0.3) is 0 Å². The molecule has 1 aromatic heterocycles. The van der Waals surface area contributed by atoms with E-state index in [2.05, 4.69) is 4.98 Å². The van der Waals surface area contributed by atoms with Crippen LogP contribution in [0.5, 0.6) is 0 Å². The second-order valence-electron chi connectivity index (χ2n) is 3.21. The van der Waals surface area contributed by atoms with Gasteiger partial charge < -0.3 is 5.11 Å². The minimum Gasteiger partial charge on any atom is -0.376 e. The van der Waals surface area contributed by atoms with E-state index in [4.69, 9.17) is 0 Å². The van der Waals surface area contributed by atoms with Gasteiger partial charge in [-0.05, 0) is 19.9 Å². The molecule has 2 nitrogen and oxygen atoms in total. The van der Waals surface area contributed by atoms with Gasteiger partial charge in [-0.1, -0.05) is 6.07 Å². The van der Waals surface area contributed by atoms with Gasteiger partial charge in [0.15, 0.2) is 5.60 Å². The number of halogens is 3. The first-order valence-corrected chi connectivity index (χ1v) is 3.98. The fourth-order valence-corrected chi connectivity index (χ4v) is 1.15. The Balaban J connectivity index is 3.23. The smallest absolute Gasteiger partial charge is 0.376 e. The summed E-state index contributed by atoms with van der Waals surface area (Å²) in [5.41, 5.74) is -2.88.